The van der Waals surface area contributed by atoms with E-state index in [-0.39, 0.29) is 18.4 Å². The molecule has 0 bridgehead atoms. The Morgan fingerprint density at radius 2 is 1.96 bits per heavy atom. The van der Waals surface area contributed by atoms with Gasteiger partial charge in [-0.2, -0.15) is 0 Å². The lowest BCUT2D eigenvalue weighted by Gasteiger charge is -2.11. The maximum atomic E-state index is 12.2. The van der Waals surface area contributed by atoms with Gasteiger partial charge in [-0.15, -0.1) is 0 Å². The van der Waals surface area contributed by atoms with Gasteiger partial charge in [-0.25, -0.2) is 4.99 Å². The number of methoxy groups -OCH3 is 2. The van der Waals surface area contributed by atoms with Crippen LogP contribution in [0.4, 0.5) is 0 Å². The van der Waals surface area contributed by atoms with E-state index < -0.39 is 5.91 Å². The predicted octanol–water partition coefficient (Wildman–Crippen LogP) is 2.68. The van der Waals surface area contributed by atoms with Gasteiger partial charge in [-0.3, -0.25) is 10.1 Å². The summed E-state index contributed by atoms with van der Waals surface area (Å²) in [5.41, 5.74) is 1.02. The Morgan fingerprint density at radius 1 is 1.14 bits per heavy atom. The van der Waals surface area contributed by atoms with E-state index in [1.165, 1.54) is 6.26 Å². The molecular formula is C20H26N2O6. The van der Waals surface area contributed by atoms with E-state index in [0.717, 1.165) is 5.56 Å². The average molecular weight is 390 g/mol. The fraction of sp³-hybridized carbons (Fsp3) is 0.400. The van der Waals surface area contributed by atoms with Crippen LogP contribution in [0.25, 0.3) is 0 Å². The summed E-state index contributed by atoms with van der Waals surface area (Å²) in [7, 11) is 3.18. The van der Waals surface area contributed by atoms with E-state index in [1.54, 1.807) is 26.4 Å². The van der Waals surface area contributed by atoms with Crippen molar-refractivity contribution in [1.29, 1.82) is 0 Å². The zero-order valence-electron chi connectivity index (χ0n) is 16.4. The number of furan rings is 1. The van der Waals surface area contributed by atoms with Crippen LogP contribution in [-0.2, 0) is 15.9 Å². The summed E-state index contributed by atoms with van der Waals surface area (Å²) < 4.78 is 26.4. The molecule has 2 rings (SSSR count). The Morgan fingerprint density at radius 3 is 2.64 bits per heavy atom. The Balaban J connectivity index is 1.98. The molecule has 0 aliphatic carbocycles. The van der Waals surface area contributed by atoms with Crippen LogP contribution in [0.2, 0.25) is 0 Å². The quantitative estimate of drug-likeness (QED) is 0.381. The molecule has 0 aliphatic heterocycles. The van der Waals surface area contributed by atoms with Crippen LogP contribution >= 0.6 is 0 Å². The number of carbonyl (C=O) groups is 1. The van der Waals surface area contributed by atoms with Crippen molar-refractivity contribution >= 4 is 11.9 Å². The van der Waals surface area contributed by atoms with Crippen molar-refractivity contribution in [2.45, 2.75) is 13.3 Å². The summed E-state index contributed by atoms with van der Waals surface area (Å²) in [6.45, 7) is 3.59. The second-order valence-corrected chi connectivity index (χ2v) is 5.60. The van der Waals surface area contributed by atoms with Crippen molar-refractivity contribution in [3.05, 3.63) is 47.9 Å². The SMILES string of the molecule is CCOCCOC(=NCCc1ccc(OC)c(OC)c1)NC(=O)c1ccco1. The highest BCUT2D eigenvalue weighted by Crippen LogP contribution is 2.27. The number of benzene rings is 1. The number of amidine groups is 1. The molecular weight excluding hydrogens is 364 g/mol. The first-order chi connectivity index (χ1) is 13.7. The van der Waals surface area contributed by atoms with Crippen LogP contribution in [0, 0.1) is 0 Å². The van der Waals surface area contributed by atoms with Gasteiger partial charge < -0.3 is 23.4 Å². The number of hydrogen-bond acceptors (Lipinski definition) is 7. The summed E-state index contributed by atoms with van der Waals surface area (Å²) in [4.78, 5) is 16.5. The van der Waals surface area contributed by atoms with Crippen LogP contribution in [0.5, 0.6) is 11.5 Å². The predicted molar refractivity (Wildman–Crippen MR) is 104 cm³/mol. The van der Waals surface area contributed by atoms with Crippen molar-refractivity contribution in [3.63, 3.8) is 0 Å². The summed E-state index contributed by atoms with van der Waals surface area (Å²) in [6, 6.07) is 9.01. The summed E-state index contributed by atoms with van der Waals surface area (Å²) in [5.74, 6) is 1.08. The third-order valence-corrected chi connectivity index (χ3v) is 3.74. The molecule has 0 radical (unpaired) electrons. The van der Waals surface area contributed by atoms with Gasteiger partial charge in [-0.1, -0.05) is 6.07 Å². The summed E-state index contributed by atoms with van der Waals surface area (Å²) >= 11 is 0. The minimum atomic E-state index is -0.425. The van der Waals surface area contributed by atoms with Gasteiger partial charge in [0, 0.05) is 13.2 Å². The van der Waals surface area contributed by atoms with E-state index in [1.807, 2.05) is 25.1 Å². The van der Waals surface area contributed by atoms with Crippen molar-refractivity contribution in [2.24, 2.45) is 4.99 Å². The standard InChI is InChI=1S/C20H26N2O6/c1-4-26-12-13-28-20(22-19(23)17-6-5-11-27-17)21-10-9-15-7-8-16(24-2)18(14-15)25-3/h5-8,11,14H,4,9-10,12-13H2,1-3H3,(H,21,22,23). The first kappa shape index (κ1) is 21.3. The first-order valence-electron chi connectivity index (χ1n) is 8.98. The molecule has 0 spiro atoms. The normalized spacial score (nSPS) is 11.2. The molecule has 2 aromatic rings. The van der Waals surface area contributed by atoms with Crippen LogP contribution in [-0.4, -0.2) is 52.5 Å². The Kier molecular flexibility index (Phi) is 8.87. The molecule has 0 aliphatic rings. The molecule has 1 amide bonds. The zero-order chi connectivity index (χ0) is 20.2. The smallest absolute Gasteiger partial charge is 0.294 e. The van der Waals surface area contributed by atoms with Gasteiger partial charge in [0.15, 0.2) is 17.3 Å². The maximum Gasteiger partial charge on any atom is 0.294 e. The molecule has 1 heterocycles. The molecule has 0 unspecified atom stereocenters. The molecule has 0 saturated heterocycles. The number of rotatable bonds is 10. The molecule has 1 aromatic heterocycles. The number of aliphatic imine (C=N–C) groups is 1. The van der Waals surface area contributed by atoms with E-state index in [2.05, 4.69) is 10.3 Å². The topological polar surface area (TPSA) is 91.5 Å². The van der Waals surface area contributed by atoms with Gasteiger partial charge in [0.1, 0.15) is 6.61 Å². The van der Waals surface area contributed by atoms with E-state index in [9.17, 15) is 4.79 Å². The molecule has 1 N–H and O–H groups in total. The lowest BCUT2D eigenvalue weighted by Crippen LogP contribution is -2.33. The van der Waals surface area contributed by atoms with Crippen molar-refractivity contribution < 1.29 is 28.2 Å². The second kappa shape index (κ2) is 11.7. The molecule has 152 valence electrons. The molecule has 0 fully saturated rings. The molecule has 28 heavy (non-hydrogen) atoms. The fourth-order valence-corrected chi connectivity index (χ4v) is 2.35. The minimum Gasteiger partial charge on any atom is -0.493 e. The Labute approximate surface area is 164 Å². The molecule has 8 heteroatoms. The molecule has 0 saturated carbocycles. The Bertz CT molecular complexity index is 758. The largest absolute Gasteiger partial charge is 0.493 e. The fourth-order valence-electron chi connectivity index (χ4n) is 2.35. The average Bonchev–Trinajstić information content (AvgIpc) is 3.25. The van der Waals surface area contributed by atoms with Gasteiger partial charge in [-0.05, 0) is 43.2 Å². The number of nitrogens with one attached hydrogen (secondary N) is 1. The number of carbonyl (C=O) groups excluding carboxylic acids is 1. The lowest BCUT2D eigenvalue weighted by molar-refractivity contribution is 0.0901. The highest BCUT2D eigenvalue weighted by molar-refractivity contribution is 6.02. The van der Waals surface area contributed by atoms with Gasteiger partial charge >= 0.3 is 0 Å². The van der Waals surface area contributed by atoms with Crippen LogP contribution in [0.1, 0.15) is 23.0 Å². The Hall–Kier alpha value is -3.00. The molecule has 8 nitrogen and oxygen atoms in total. The number of hydrogen-bond donors (Lipinski definition) is 1. The maximum absolute atomic E-state index is 12.2. The second-order valence-electron chi connectivity index (χ2n) is 5.60. The molecule has 1 aromatic carbocycles. The van der Waals surface area contributed by atoms with Gasteiger partial charge in [0.2, 0.25) is 0 Å². The third kappa shape index (κ3) is 6.62. The number of ether oxygens (including phenoxy) is 4. The number of amides is 1. The van der Waals surface area contributed by atoms with Crippen molar-refractivity contribution in [3.8, 4) is 11.5 Å². The van der Waals surface area contributed by atoms with Crippen LogP contribution in [0.15, 0.2) is 46.0 Å². The highest BCUT2D eigenvalue weighted by atomic mass is 16.5. The minimum absolute atomic E-state index is 0.126. The zero-order valence-corrected chi connectivity index (χ0v) is 16.4. The van der Waals surface area contributed by atoms with Gasteiger partial charge in [0.05, 0.1) is 27.1 Å². The third-order valence-electron chi connectivity index (χ3n) is 3.74. The first-order valence-corrected chi connectivity index (χ1v) is 8.98. The van der Waals surface area contributed by atoms with Crippen LogP contribution in [0.3, 0.4) is 0 Å². The highest BCUT2D eigenvalue weighted by Gasteiger charge is 2.12. The van der Waals surface area contributed by atoms with E-state index in [0.29, 0.717) is 37.7 Å². The lowest BCUT2D eigenvalue weighted by atomic mass is 10.1. The van der Waals surface area contributed by atoms with E-state index in [4.69, 9.17) is 23.4 Å². The summed E-state index contributed by atoms with van der Waals surface area (Å²) in [5, 5.41) is 2.62. The summed E-state index contributed by atoms with van der Waals surface area (Å²) in [6.07, 6.45) is 2.06. The van der Waals surface area contributed by atoms with Crippen molar-refractivity contribution in [1.82, 2.24) is 5.32 Å². The van der Waals surface area contributed by atoms with Gasteiger partial charge in [0.25, 0.3) is 11.9 Å². The number of nitrogens with zero attached hydrogens (tertiary/aromatic N) is 1. The van der Waals surface area contributed by atoms with E-state index >= 15 is 0 Å². The van der Waals surface area contributed by atoms with Crippen LogP contribution < -0.4 is 14.8 Å². The molecule has 0 atom stereocenters. The monoisotopic (exact) mass is 390 g/mol. The van der Waals surface area contributed by atoms with Crippen molar-refractivity contribution in [2.75, 3.05) is 40.6 Å².